The van der Waals surface area contributed by atoms with Crippen LogP contribution in [0.2, 0.25) is 0 Å². The van der Waals surface area contributed by atoms with Gasteiger partial charge in [-0.1, -0.05) is 43.0 Å². The zero-order valence-corrected chi connectivity index (χ0v) is 15.3. The summed E-state index contributed by atoms with van der Waals surface area (Å²) in [5.74, 6) is -1.22. The van der Waals surface area contributed by atoms with E-state index >= 15 is 0 Å². The SMILES string of the molecule is C=CCOc1cc(OC)ccc1C(=O)C(=O)N1C(=O)OC[C@H]1c1ccccc1. The summed E-state index contributed by atoms with van der Waals surface area (Å²) in [6.07, 6.45) is 0.660. The highest BCUT2D eigenvalue weighted by Crippen LogP contribution is 2.30. The first kappa shape index (κ1) is 19.2. The zero-order valence-electron chi connectivity index (χ0n) is 15.3. The van der Waals surface area contributed by atoms with Gasteiger partial charge >= 0.3 is 12.0 Å². The number of carbonyl (C=O) groups excluding carboxylic acids is 3. The second-order valence-corrected chi connectivity index (χ2v) is 5.97. The molecular weight excluding hydrogens is 362 g/mol. The van der Waals surface area contributed by atoms with E-state index in [9.17, 15) is 14.4 Å². The number of nitrogens with zero attached hydrogens (tertiary/aromatic N) is 1. The molecular formula is C21H19NO6. The molecule has 2 aromatic rings. The van der Waals surface area contributed by atoms with Crippen LogP contribution in [-0.2, 0) is 9.53 Å². The number of hydrogen-bond acceptors (Lipinski definition) is 6. The first-order valence-corrected chi connectivity index (χ1v) is 8.58. The summed E-state index contributed by atoms with van der Waals surface area (Å²) < 4.78 is 15.7. The number of hydrogen-bond donors (Lipinski definition) is 0. The third kappa shape index (κ3) is 3.73. The predicted octanol–water partition coefficient (Wildman–Crippen LogP) is 3.16. The number of methoxy groups -OCH3 is 1. The fourth-order valence-corrected chi connectivity index (χ4v) is 2.88. The van der Waals surface area contributed by atoms with Gasteiger partial charge in [0, 0.05) is 6.07 Å². The average molecular weight is 381 g/mol. The predicted molar refractivity (Wildman–Crippen MR) is 100 cm³/mol. The van der Waals surface area contributed by atoms with E-state index in [4.69, 9.17) is 14.2 Å². The fraction of sp³-hybridized carbons (Fsp3) is 0.190. The Morgan fingerprint density at radius 3 is 2.68 bits per heavy atom. The van der Waals surface area contributed by atoms with Gasteiger partial charge in [0.2, 0.25) is 0 Å². The maximum Gasteiger partial charge on any atom is 0.417 e. The average Bonchev–Trinajstić information content (AvgIpc) is 3.12. The molecule has 7 nitrogen and oxygen atoms in total. The lowest BCUT2D eigenvalue weighted by Crippen LogP contribution is -2.39. The monoisotopic (exact) mass is 381 g/mol. The minimum absolute atomic E-state index is 0.00962. The van der Waals surface area contributed by atoms with Crippen LogP contribution in [0.15, 0.2) is 61.2 Å². The summed E-state index contributed by atoms with van der Waals surface area (Å²) in [6, 6.07) is 12.7. The van der Waals surface area contributed by atoms with Crippen LogP contribution >= 0.6 is 0 Å². The van der Waals surface area contributed by atoms with Gasteiger partial charge in [-0.15, -0.1) is 0 Å². The third-order valence-corrected chi connectivity index (χ3v) is 4.26. The molecule has 1 atom stereocenters. The highest BCUT2D eigenvalue weighted by Gasteiger charge is 2.42. The number of benzene rings is 2. The Bertz CT molecular complexity index is 908. The molecule has 0 N–H and O–H groups in total. The van der Waals surface area contributed by atoms with Gasteiger partial charge in [0.1, 0.15) is 30.8 Å². The molecule has 28 heavy (non-hydrogen) atoms. The zero-order chi connectivity index (χ0) is 20.1. The van der Waals surface area contributed by atoms with Crippen molar-refractivity contribution in [3.05, 3.63) is 72.3 Å². The number of Topliss-reactive ketones (excluding diaryl/α,β-unsaturated/α-hetero) is 1. The first-order chi connectivity index (χ1) is 13.6. The van der Waals surface area contributed by atoms with Crippen molar-refractivity contribution in [2.75, 3.05) is 20.3 Å². The third-order valence-electron chi connectivity index (χ3n) is 4.26. The van der Waals surface area contributed by atoms with Gasteiger partial charge in [-0.2, -0.15) is 0 Å². The standard InChI is InChI=1S/C21H19NO6/c1-3-11-27-18-12-15(26-2)9-10-16(18)19(23)20(24)22-17(13-28-21(22)25)14-7-5-4-6-8-14/h3-10,12,17H,1,11,13H2,2H3/t17-/m0/s1. The second-order valence-electron chi connectivity index (χ2n) is 5.97. The summed E-state index contributed by atoms with van der Waals surface area (Å²) in [5.41, 5.74) is 0.728. The van der Waals surface area contributed by atoms with E-state index in [0.717, 1.165) is 4.90 Å². The molecule has 0 unspecified atom stereocenters. The van der Waals surface area contributed by atoms with Crippen molar-refractivity contribution in [3.8, 4) is 11.5 Å². The van der Waals surface area contributed by atoms with Crippen LogP contribution in [0, 0.1) is 0 Å². The highest BCUT2D eigenvalue weighted by molar-refractivity contribution is 6.45. The normalized spacial score (nSPS) is 15.7. The van der Waals surface area contributed by atoms with E-state index in [1.807, 2.05) is 6.07 Å². The van der Waals surface area contributed by atoms with E-state index in [1.54, 1.807) is 24.3 Å². The topological polar surface area (TPSA) is 82.1 Å². The fourth-order valence-electron chi connectivity index (χ4n) is 2.88. The van der Waals surface area contributed by atoms with Gasteiger partial charge in [-0.3, -0.25) is 9.59 Å². The van der Waals surface area contributed by atoms with Crippen molar-refractivity contribution >= 4 is 17.8 Å². The minimum Gasteiger partial charge on any atom is -0.497 e. The molecule has 0 aliphatic carbocycles. The molecule has 0 radical (unpaired) electrons. The van der Waals surface area contributed by atoms with E-state index in [-0.39, 0.29) is 24.5 Å². The van der Waals surface area contributed by atoms with E-state index in [0.29, 0.717) is 11.3 Å². The maximum absolute atomic E-state index is 12.9. The van der Waals surface area contributed by atoms with Gasteiger partial charge in [-0.25, -0.2) is 9.69 Å². The van der Waals surface area contributed by atoms with E-state index in [2.05, 4.69) is 6.58 Å². The van der Waals surface area contributed by atoms with Crippen molar-refractivity contribution in [2.24, 2.45) is 0 Å². The number of carbonyl (C=O) groups is 3. The van der Waals surface area contributed by atoms with Gasteiger partial charge in [0.15, 0.2) is 0 Å². The van der Waals surface area contributed by atoms with Gasteiger partial charge < -0.3 is 14.2 Å². The van der Waals surface area contributed by atoms with Crippen molar-refractivity contribution in [3.63, 3.8) is 0 Å². The molecule has 0 aromatic heterocycles. The van der Waals surface area contributed by atoms with Crippen LogP contribution in [0.3, 0.4) is 0 Å². The number of imide groups is 1. The maximum atomic E-state index is 12.9. The molecule has 2 amide bonds. The second kappa shape index (κ2) is 8.39. The lowest BCUT2D eigenvalue weighted by Gasteiger charge is -2.19. The molecule has 0 saturated carbocycles. The summed E-state index contributed by atoms with van der Waals surface area (Å²) in [6.45, 7) is 3.70. The van der Waals surface area contributed by atoms with Crippen LogP contribution in [-0.4, -0.2) is 43.0 Å². The molecule has 1 fully saturated rings. The number of ketones is 1. The molecule has 2 aromatic carbocycles. The number of ether oxygens (including phenoxy) is 3. The van der Waals surface area contributed by atoms with Crippen molar-refractivity contribution in [1.29, 1.82) is 0 Å². The summed E-state index contributed by atoms with van der Waals surface area (Å²) in [7, 11) is 1.48. The van der Waals surface area contributed by atoms with Crippen LogP contribution in [0.1, 0.15) is 22.0 Å². The molecule has 0 spiro atoms. The number of rotatable bonds is 7. The lowest BCUT2D eigenvalue weighted by atomic mass is 10.0. The van der Waals surface area contributed by atoms with Crippen molar-refractivity contribution < 1.29 is 28.6 Å². The Labute approximate surface area is 162 Å². The van der Waals surface area contributed by atoms with Crippen LogP contribution in [0.5, 0.6) is 11.5 Å². The Morgan fingerprint density at radius 1 is 1.25 bits per heavy atom. The Balaban J connectivity index is 1.92. The summed E-state index contributed by atoms with van der Waals surface area (Å²) in [4.78, 5) is 38.8. The lowest BCUT2D eigenvalue weighted by molar-refractivity contribution is -0.124. The highest BCUT2D eigenvalue weighted by atomic mass is 16.6. The van der Waals surface area contributed by atoms with E-state index < -0.39 is 23.8 Å². The number of cyclic esters (lactones) is 1. The Kier molecular flexibility index (Phi) is 5.74. The minimum atomic E-state index is -0.982. The molecule has 144 valence electrons. The smallest absolute Gasteiger partial charge is 0.417 e. The van der Waals surface area contributed by atoms with Gasteiger partial charge in [0.25, 0.3) is 5.78 Å². The van der Waals surface area contributed by atoms with E-state index in [1.165, 1.54) is 31.4 Å². The summed E-state index contributed by atoms with van der Waals surface area (Å²) in [5, 5.41) is 0. The van der Waals surface area contributed by atoms with Crippen LogP contribution in [0.4, 0.5) is 4.79 Å². The van der Waals surface area contributed by atoms with Crippen LogP contribution in [0.25, 0.3) is 0 Å². The van der Waals surface area contributed by atoms with Gasteiger partial charge in [-0.05, 0) is 17.7 Å². The Morgan fingerprint density at radius 2 is 2.00 bits per heavy atom. The number of amides is 2. The molecule has 7 heteroatoms. The first-order valence-electron chi connectivity index (χ1n) is 8.58. The molecule has 1 aliphatic heterocycles. The molecule has 1 aliphatic rings. The van der Waals surface area contributed by atoms with Gasteiger partial charge in [0.05, 0.1) is 12.7 Å². The molecule has 1 heterocycles. The van der Waals surface area contributed by atoms with Crippen molar-refractivity contribution in [1.82, 2.24) is 4.90 Å². The molecule has 1 saturated heterocycles. The van der Waals surface area contributed by atoms with Crippen molar-refractivity contribution in [2.45, 2.75) is 6.04 Å². The summed E-state index contributed by atoms with van der Waals surface area (Å²) >= 11 is 0. The van der Waals surface area contributed by atoms with Crippen LogP contribution < -0.4 is 9.47 Å². The quantitative estimate of drug-likeness (QED) is 0.416. The largest absolute Gasteiger partial charge is 0.497 e. The molecule has 0 bridgehead atoms. The molecule has 3 rings (SSSR count). The Hall–Kier alpha value is -3.61.